The number of benzene rings is 1. The van der Waals surface area contributed by atoms with Gasteiger partial charge in [-0.1, -0.05) is 11.6 Å². The lowest BCUT2D eigenvalue weighted by atomic mass is 10.3. The van der Waals surface area contributed by atoms with Crippen LogP contribution in [0, 0.1) is 5.82 Å². The van der Waals surface area contributed by atoms with Crippen molar-refractivity contribution in [2.45, 2.75) is 0 Å². The first-order valence-corrected chi connectivity index (χ1v) is 6.10. The lowest BCUT2D eigenvalue weighted by Gasteiger charge is -2.05. The number of amides is 1. The van der Waals surface area contributed by atoms with Gasteiger partial charge in [0.05, 0.1) is 17.4 Å². The molecule has 0 saturated carbocycles. The average molecular weight is 264 g/mol. The predicted octanol–water partition coefficient (Wildman–Crippen LogP) is 2.14. The Morgan fingerprint density at radius 1 is 1.56 bits per heavy atom. The lowest BCUT2D eigenvalue weighted by molar-refractivity contribution is -0.113. The van der Waals surface area contributed by atoms with Crippen LogP contribution in [0.5, 0.6) is 0 Å². The molecule has 0 spiro atoms. The lowest BCUT2D eigenvalue weighted by Crippen LogP contribution is -2.14. The molecule has 0 fully saturated rings. The number of hydrogen-bond acceptors (Lipinski definition) is 3. The van der Waals surface area contributed by atoms with Crippen LogP contribution in [0.15, 0.2) is 18.2 Å². The first-order valence-electron chi connectivity index (χ1n) is 4.57. The van der Waals surface area contributed by atoms with E-state index in [2.05, 4.69) is 5.32 Å². The molecule has 0 aromatic heterocycles. The Hall–Kier alpha value is -0.780. The molecule has 0 heterocycles. The predicted molar refractivity (Wildman–Crippen MR) is 64.5 cm³/mol. The molecule has 6 heteroatoms. The number of aliphatic hydroxyl groups excluding tert-OH is 1. The van der Waals surface area contributed by atoms with E-state index in [1.54, 1.807) is 0 Å². The standard InChI is InChI=1S/C10H11ClFNO2S/c11-8-5-7(1-2-9(8)12)13-10(15)6-16-4-3-14/h1-2,5,14H,3-4,6H2,(H,13,15). The normalized spacial score (nSPS) is 10.2. The summed E-state index contributed by atoms with van der Waals surface area (Å²) in [6.07, 6.45) is 0. The van der Waals surface area contributed by atoms with Crippen LogP contribution in [-0.2, 0) is 4.79 Å². The van der Waals surface area contributed by atoms with Gasteiger partial charge in [0, 0.05) is 11.4 Å². The van der Waals surface area contributed by atoms with Crippen LogP contribution in [0.4, 0.5) is 10.1 Å². The van der Waals surface area contributed by atoms with E-state index in [9.17, 15) is 9.18 Å². The Morgan fingerprint density at radius 3 is 2.94 bits per heavy atom. The number of carbonyl (C=O) groups is 1. The van der Waals surface area contributed by atoms with E-state index in [1.165, 1.54) is 30.0 Å². The molecular formula is C10H11ClFNO2S. The van der Waals surface area contributed by atoms with Crippen molar-refractivity contribution in [1.82, 2.24) is 0 Å². The van der Waals surface area contributed by atoms with Crippen molar-refractivity contribution in [1.29, 1.82) is 0 Å². The fourth-order valence-electron chi connectivity index (χ4n) is 1.00. The minimum Gasteiger partial charge on any atom is -0.396 e. The fourth-order valence-corrected chi connectivity index (χ4v) is 1.71. The fraction of sp³-hybridized carbons (Fsp3) is 0.300. The molecule has 1 aromatic carbocycles. The van der Waals surface area contributed by atoms with Crippen LogP contribution in [0.3, 0.4) is 0 Å². The molecule has 16 heavy (non-hydrogen) atoms. The Balaban J connectivity index is 2.46. The summed E-state index contributed by atoms with van der Waals surface area (Å²) < 4.78 is 12.8. The summed E-state index contributed by atoms with van der Waals surface area (Å²) >= 11 is 6.88. The molecule has 88 valence electrons. The topological polar surface area (TPSA) is 49.3 Å². The van der Waals surface area contributed by atoms with E-state index >= 15 is 0 Å². The third kappa shape index (κ3) is 4.38. The summed E-state index contributed by atoms with van der Waals surface area (Å²) in [5.74, 6) is 0.0307. The monoisotopic (exact) mass is 263 g/mol. The highest BCUT2D eigenvalue weighted by atomic mass is 35.5. The van der Waals surface area contributed by atoms with Gasteiger partial charge in [-0.15, -0.1) is 11.8 Å². The van der Waals surface area contributed by atoms with E-state index in [-0.39, 0.29) is 23.3 Å². The largest absolute Gasteiger partial charge is 0.396 e. The second-order valence-corrected chi connectivity index (χ2v) is 4.47. The molecule has 0 saturated heterocycles. The summed E-state index contributed by atoms with van der Waals surface area (Å²) in [5.41, 5.74) is 0.459. The molecule has 1 aromatic rings. The van der Waals surface area contributed by atoms with Crippen molar-refractivity contribution < 1.29 is 14.3 Å². The number of thioether (sulfide) groups is 1. The smallest absolute Gasteiger partial charge is 0.234 e. The zero-order valence-corrected chi connectivity index (χ0v) is 9.95. The van der Waals surface area contributed by atoms with Crippen molar-refractivity contribution in [2.24, 2.45) is 0 Å². The van der Waals surface area contributed by atoms with Gasteiger partial charge in [-0.25, -0.2) is 4.39 Å². The highest BCUT2D eigenvalue weighted by Gasteiger charge is 2.05. The molecular weight excluding hydrogens is 253 g/mol. The Bertz CT molecular complexity index is 376. The van der Waals surface area contributed by atoms with E-state index in [0.29, 0.717) is 11.4 Å². The van der Waals surface area contributed by atoms with Crippen molar-refractivity contribution in [3.8, 4) is 0 Å². The van der Waals surface area contributed by atoms with Gasteiger partial charge in [0.2, 0.25) is 5.91 Å². The molecule has 0 aliphatic rings. The Morgan fingerprint density at radius 2 is 2.31 bits per heavy atom. The van der Waals surface area contributed by atoms with Crippen molar-refractivity contribution in [3.63, 3.8) is 0 Å². The van der Waals surface area contributed by atoms with Crippen molar-refractivity contribution >= 4 is 35.0 Å². The molecule has 3 nitrogen and oxygen atoms in total. The molecule has 2 N–H and O–H groups in total. The minimum absolute atomic E-state index is 0.0270. The maximum atomic E-state index is 12.8. The first kappa shape index (κ1) is 13.3. The minimum atomic E-state index is -0.519. The molecule has 0 bridgehead atoms. The molecule has 0 unspecified atom stereocenters. The van der Waals surface area contributed by atoms with Crippen LogP contribution < -0.4 is 5.32 Å². The number of rotatable bonds is 5. The molecule has 0 atom stereocenters. The highest BCUT2D eigenvalue weighted by molar-refractivity contribution is 7.99. The van der Waals surface area contributed by atoms with Gasteiger partial charge in [-0.3, -0.25) is 4.79 Å². The van der Waals surface area contributed by atoms with Crippen LogP contribution in [0.25, 0.3) is 0 Å². The van der Waals surface area contributed by atoms with Crippen LogP contribution in [0.2, 0.25) is 5.02 Å². The van der Waals surface area contributed by atoms with E-state index in [4.69, 9.17) is 16.7 Å². The van der Waals surface area contributed by atoms with E-state index in [1.807, 2.05) is 0 Å². The Kier molecular flexibility index (Phi) is 5.59. The third-order valence-corrected chi connectivity index (χ3v) is 2.90. The molecule has 0 aliphatic heterocycles. The Labute approximate surface area is 102 Å². The summed E-state index contributed by atoms with van der Waals surface area (Å²) in [6, 6.07) is 3.99. The number of hydrogen-bond donors (Lipinski definition) is 2. The number of halogens is 2. The summed E-state index contributed by atoms with van der Waals surface area (Å²) in [5, 5.41) is 11.1. The number of aliphatic hydroxyl groups is 1. The van der Waals surface area contributed by atoms with Gasteiger partial charge in [0.1, 0.15) is 5.82 Å². The third-order valence-electron chi connectivity index (χ3n) is 1.67. The summed E-state index contributed by atoms with van der Waals surface area (Å²) in [4.78, 5) is 11.3. The molecule has 1 amide bonds. The number of anilines is 1. The van der Waals surface area contributed by atoms with Crippen molar-refractivity contribution in [3.05, 3.63) is 29.0 Å². The average Bonchev–Trinajstić information content (AvgIpc) is 2.24. The number of nitrogens with one attached hydrogen (secondary N) is 1. The summed E-state index contributed by atoms with van der Waals surface area (Å²) in [6.45, 7) is 0.0420. The second-order valence-electron chi connectivity index (χ2n) is 2.95. The van der Waals surface area contributed by atoms with Crippen molar-refractivity contribution in [2.75, 3.05) is 23.4 Å². The van der Waals surface area contributed by atoms with Crippen LogP contribution in [-0.4, -0.2) is 29.1 Å². The first-order chi connectivity index (χ1) is 7.63. The molecule has 0 radical (unpaired) electrons. The quantitative estimate of drug-likeness (QED) is 0.801. The van der Waals surface area contributed by atoms with Gasteiger partial charge in [0.25, 0.3) is 0 Å². The van der Waals surface area contributed by atoms with Gasteiger partial charge in [0.15, 0.2) is 0 Å². The van der Waals surface area contributed by atoms with Gasteiger partial charge in [-0.05, 0) is 18.2 Å². The van der Waals surface area contributed by atoms with Gasteiger partial charge in [-0.2, -0.15) is 0 Å². The maximum Gasteiger partial charge on any atom is 0.234 e. The summed E-state index contributed by atoms with van der Waals surface area (Å²) in [7, 11) is 0. The van der Waals surface area contributed by atoms with Crippen LogP contribution >= 0.6 is 23.4 Å². The molecule has 1 rings (SSSR count). The zero-order valence-electron chi connectivity index (χ0n) is 8.37. The SMILES string of the molecule is O=C(CSCCO)Nc1ccc(F)c(Cl)c1. The maximum absolute atomic E-state index is 12.8. The van der Waals surface area contributed by atoms with Crippen LogP contribution in [0.1, 0.15) is 0 Å². The second kappa shape index (κ2) is 6.73. The van der Waals surface area contributed by atoms with Gasteiger partial charge >= 0.3 is 0 Å². The van der Waals surface area contributed by atoms with Gasteiger partial charge < -0.3 is 10.4 Å². The zero-order chi connectivity index (χ0) is 12.0. The highest BCUT2D eigenvalue weighted by Crippen LogP contribution is 2.19. The molecule has 0 aliphatic carbocycles. The van der Waals surface area contributed by atoms with E-state index in [0.717, 1.165) is 0 Å². The van der Waals surface area contributed by atoms with E-state index < -0.39 is 5.82 Å². The number of carbonyl (C=O) groups excluding carboxylic acids is 1.